The molecule has 3 aromatic rings. The molecular formula is C36H82N8O29P6. The van der Waals surface area contributed by atoms with Gasteiger partial charge in [-0.2, -0.15) is 0 Å². The van der Waals surface area contributed by atoms with Gasteiger partial charge in [-0.05, 0) is 0 Å². The van der Waals surface area contributed by atoms with Gasteiger partial charge in [0.25, 0.3) is 46.9 Å². The molecule has 8 bridgehead atoms. The lowest BCUT2D eigenvalue weighted by Crippen LogP contribution is -2.87. The lowest BCUT2D eigenvalue weighted by atomic mass is 10.1. The zero-order valence-corrected chi connectivity index (χ0v) is 47.8. The molecule has 0 fully saturated rings. The molecule has 0 atom stereocenters. The van der Waals surface area contributed by atoms with Gasteiger partial charge in [0.2, 0.25) is 0 Å². The van der Waals surface area contributed by atoms with Gasteiger partial charge in [-0.1, -0.05) is 72.8 Å². The summed E-state index contributed by atoms with van der Waals surface area (Å²) in [5.74, 6) is 0. The molecule has 0 aromatic heterocycles. The monoisotopic (exact) mass is 1280 g/mol. The fourth-order valence-electron chi connectivity index (χ4n) is 6.36. The molecule has 43 heteroatoms. The van der Waals surface area contributed by atoms with Crippen LogP contribution in [0.5, 0.6) is 0 Å². The van der Waals surface area contributed by atoms with Crippen LogP contribution in [0.2, 0.25) is 0 Å². The predicted octanol–water partition coefficient (Wildman–Crippen LogP) is -17.4. The van der Waals surface area contributed by atoms with Gasteiger partial charge in [0.05, 0.1) is 39.3 Å². The topological polar surface area (TPSA) is 747 Å². The first-order chi connectivity index (χ1) is 33.8. The standard InChI is InChI=1S/C36H54N8.6H3O4P.5H2O/c1-2-32-4-3-31(1)25-37-13-19-43-21-15-39-27-33-5-9-35(10-6-33)29-41-17-23-44(20-14-38-26-32)24-18-42-30-36-11-7-34(8-12-36)28-40-16-22-43;6*1-5(2,3)4;;;;;/h1-12,37-42H,13-30H2;6*(H3,1,2,3,4);5*1H2. The minimum absolute atomic E-state index is 0. The summed E-state index contributed by atoms with van der Waals surface area (Å²) >= 11 is 0. The van der Waals surface area contributed by atoms with Crippen LogP contribution in [-0.2, 0) is 66.7 Å². The van der Waals surface area contributed by atoms with Gasteiger partial charge in [0.1, 0.15) is 39.3 Å². The van der Waals surface area contributed by atoms with E-state index in [1.807, 2.05) is 0 Å². The third kappa shape index (κ3) is 84.7. The molecule has 0 aliphatic carbocycles. The number of hydrogen-bond donors (Lipinski definition) is 18. The number of benzene rings is 3. The molecule has 12 heterocycles. The van der Waals surface area contributed by atoms with Gasteiger partial charge in [-0.15, -0.1) is 0 Å². The minimum atomic E-state index is -4.89. The number of nitrogens with two attached hydrogens (primary N) is 6. The van der Waals surface area contributed by atoms with Crippen molar-refractivity contribution in [3.63, 3.8) is 0 Å². The van der Waals surface area contributed by atoms with E-state index < -0.39 is 46.9 Å². The van der Waals surface area contributed by atoms with E-state index in [-0.39, 0.29) is 27.4 Å². The van der Waals surface area contributed by atoms with E-state index in [4.69, 9.17) is 115 Å². The van der Waals surface area contributed by atoms with Crippen LogP contribution in [0.1, 0.15) is 33.4 Å². The maximum atomic E-state index is 8.77. The summed E-state index contributed by atoms with van der Waals surface area (Å²) < 4.78 is 52.6. The van der Waals surface area contributed by atoms with Crippen molar-refractivity contribution in [1.82, 2.24) is 9.80 Å². The molecule has 0 saturated heterocycles. The summed E-state index contributed by atoms with van der Waals surface area (Å²) in [6, 6.07) is 28.1. The summed E-state index contributed by atoms with van der Waals surface area (Å²) in [5, 5.41) is 14.9. The Morgan fingerprint density at radius 3 is 0.443 bits per heavy atom. The summed E-state index contributed by atoms with van der Waals surface area (Å²) in [5.41, 5.74) is 8.59. The van der Waals surface area contributed by atoms with E-state index >= 15 is 0 Å². The van der Waals surface area contributed by atoms with Crippen molar-refractivity contribution >= 4 is 46.9 Å². The van der Waals surface area contributed by atoms with Crippen molar-refractivity contribution in [1.29, 1.82) is 0 Å². The molecule has 0 spiro atoms. The van der Waals surface area contributed by atoms with Crippen LogP contribution in [0, 0.1) is 0 Å². The van der Waals surface area contributed by atoms with Crippen LogP contribution < -0.4 is 61.3 Å². The van der Waals surface area contributed by atoms with Crippen molar-refractivity contribution in [2.45, 2.75) is 39.3 Å². The lowest BCUT2D eigenvalue weighted by Gasteiger charge is -2.20. The Bertz CT molecular complexity index is 1770. The van der Waals surface area contributed by atoms with E-state index in [0.717, 1.165) is 118 Å². The molecule has 15 rings (SSSR count). The molecule has 3 aromatic carbocycles. The number of rotatable bonds is 0. The number of quaternary nitrogens is 6. The van der Waals surface area contributed by atoms with E-state index in [2.05, 4.69) is 114 Å². The van der Waals surface area contributed by atoms with Gasteiger partial charge in [-0.25, -0.2) is 0 Å². The SMILES string of the molecule is O.O.O.O.O.O=P([O-])(O)O.O=P([O-])(O)O.O=P([O-])(O)O.O=P([O-])(O)O.O=P([O-])(O)O.O=P([O-])(O)O.c1cc2ccc1C[NH2+]CCN1CC[NH2+]Cc3ccc(cc3)C[NH2+]CCN(CC[NH2+]C2)CC[NH2+]Cc2ccc(cc2)C[NH2+]CC1. The minimum Gasteiger partial charge on any atom is -0.756 e. The third-order valence-corrected chi connectivity index (χ3v) is 9.25. The largest absolute Gasteiger partial charge is 0.756 e. The Morgan fingerprint density at radius 2 is 0.354 bits per heavy atom. The smallest absolute Gasteiger partial charge is 0.262 e. The second kappa shape index (κ2) is 48.2. The highest BCUT2D eigenvalue weighted by Gasteiger charge is 2.12. The number of phosphoric acid groups is 6. The van der Waals surface area contributed by atoms with E-state index in [1.54, 1.807) is 0 Å². The normalized spacial score (nSPS) is 17.1. The van der Waals surface area contributed by atoms with Crippen LogP contribution in [-0.4, -0.2) is 174 Å². The molecular weight excluding hydrogens is 1190 g/mol. The van der Waals surface area contributed by atoms with Gasteiger partial charge in [0, 0.05) is 72.6 Å². The summed E-state index contributed by atoms with van der Waals surface area (Å²) in [6.45, 7) is 20.1. The first-order valence-electron chi connectivity index (χ1n) is 22.0. The quantitative estimate of drug-likeness (QED) is 0.0930. The Morgan fingerprint density at radius 1 is 0.266 bits per heavy atom. The molecule has 79 heavy (non-hydrogen) atoms. The highest BCUT2D eigenvalue weighted by molar-refractivity contribution is 7.44. The number of hydrogen-bond acceptors (Lipinski definition) is 14. The molecule has 34 N–H and O–H groups in total. The fourth-order valence-corrected chi connectivity index (χ4v) is 6.36. The molecule has 0 amide bonds. The Hall–Kier alpha value is -2.20. The fraction of sp³-hybridized carbons (Fsp3) is 0.500. The van der Waals surface area contributed by atoms with Gasteiger partial charge in [-0.3, -0.25) is 37.2 Å². The van der Waals surface area contributed by atoms with E-state index in [1.165, 1.54) is 33.4 Å². The first kappa shape index (κ1) is 90.6. The van der Waals surface area contributed by atoms with Crippen molar-refractivity contribution in [3.8, 4) is 0 Å². The van der Waals surface area contributed by atoms with Crippen molar-refractivity contribution in [3.05, 3.63) is 106 Å². The maximum Gasteiger partial charge on any atom is 0.262 e. The van der Waals surface area contributed by atoms with Crippen LogP contribution >= 0.6 is 46.9 Å². The van der Waals surface area contributed by atoms with Crippen molar-refractivity contribution in [2.24, 2.45) is 0 Å². The van der Waals surface area contributed by atoms with Crippen LogP contribution in [0.4, 0.5) is 0 Å². The van der Waals surface area contributed by atoms with Crippen LogP contribution in [0.3, 0.4) is 0 Å². The third-order valence-electron chi connectivity index (χ3n) is 9.25. The zero-order chi connectivity index (χ0) is 57.1. The Labute approximate surface area is 454 Å². The average Bonchev–Trinajstić information content (AvgIpc) is 3.21. The highest BCUT2D eigenvalue weighted by Crippen LogP contribution is 2.21. The highest BCUT2D eigenvalue weighted by atomic mass is 31.2. The molecule has 37 nitrogen and oxygen atoms in total. The molecule has 0 saturated carbocycles. The van der Waals surface area contributed by atoms with E-state index in [9.17, 15) is 0 Å². The summed E-state index contributed by atoms with van der Waals surface area (Å²) in [7, 11) is -29.3. The van der Waals surface area contributed by atoms with Gasteiger partial charge in [0.15, 0.2) is 0 Å². The second-order valence-electron chi connectivity index (χ2n) is 15.8. The van der Waals surface area contributed by atoms with E-state index in [0.29, 0.717) is 0 Å². The predicted molar refractivity (Wildman–Crippen MR) is 266 cm³/mol. The van der Waals surface area contributed by atoms with Crippen LogP contribution in [0.15, 0.2) is 72.8 Å². The average molecular weight is 1280 g/mol. The van der Waals surface area contributed by atoms with Gasteiger partial charge < -0.3 is 147 Å². The lowest BCUT2D eigenvalue weighted by molar-refractivity contribution is -0.679. The summed E-state index contributed by atoms with van der Waals surface area (Å²) in [4.78, 5) is 143. The number of nitrogens with zero attached hydrogens (tertiary/aromatic N) is 2. The van der Waals surface area contributed by atoms with Gasteiger partial charge >= 0.3 is 0 Å². The molecule has 12 aliphatic heterocycles. The van der Waals surface area contributed by atoms with Crippen LogP contribution in [0.25, 0.3) is 0 Å². The van der Waals surface area contributed by atoms with Crippen molar-refractivity contribution < 1.29 is 175 Å². The Balaban J connectivity index is -0.000000244. The molecule has 12 aliphatic rings. The molecule has 0 unspecified atom stereocenters. The second-order valence-corrected chi connectivity index (χ2v) is 21.7. The first-order valence-corrected chi connectivity index (χ1v) is 31.2. The molecule has 470 valence electrons. The maximum absolute atomic E-state index is 8.77. The summed E-state index contributed by atoms with van der Waals surface area (Å²) in [6.07, 6.45) is 0. The zero-order valence-electron chi connectivity index (χ0n) is 42.5. The molecule has 0 radical (unpaired) electrons. The Kier molecular flexibility index (Phi) is 55.3. The van der Waals surface area contributed by atoms with Crippen molar-refractivity contribution in [2.75, 3.05) is 78.5 Å².